The van der Waals surface area contributed by atoms with Gasteiger partial charge in [-0.1, -0.05) is 49.6 Å². The maximum Gasteiger partial charge on any atom is 0.248 e. The van der Waals surface area contributed by atoms with E-state index in [0.29, 0.717) is 5.91 Å². The van der Waals surface area contributed by atoms with Crippen molar-refractivity contribution < 1.29 is 4.79 Å². The van der Waals surface area contributed by atoms with E-state index in [2.05, 4.69) is 57.1 Å². The number of hydrogen-bond donors (Lipinski definition) is 0. The molecule has 1 amide bonds. The van der Waals surface area contributed by atoms with E-state index < -0.39 is 0 Å². The normalized spacial score (nSPS) is 20.8. The van der Waals surface area contributed by atoms with E-state index in [4.69, 9.17) is 0 Å². The minimum atomic E-state index is -0.344. The third-order valence-electron chi connectivity index (χ3n) is 6.09. The summed E-state index contributed by atoms with van der Waals surface area (Å²) in [5.74, 6) is 0.341. The second-order valence-corrected chi connectivity index (χ2v) is 7.74. The third-order valence-corrected chi connectivity index (χ3v) is 6.09. The van der Waals surface area contributed by atoms with Crippen LogP contribution in [0.3, 0.4) is 0 Å². The highest BCUT2D eigenvalue weighted by atomic mass is 16.2. The van der Waals surface area contributed by atoms with Crippen molar-refractivity contribution in [3.05, 3.63) is 60.4 Å². The lowest BCUT2D eigenvalue weighted by Gasteiger charge is -2.43. The Morgan fingerprint density at radius 1 is 0.846 bits per heavy atom. The lowest BCUT2D eigenvalue weighted by molar-refractivity contribution is -0.144. The fourth-order valence-electron chi connectivity index (χ4n) is 4.58. The highest BCUT2D eigenvalue weighted by Gasteiger charge is 2.43. The molecule has 0 atom stereocenters. The molecule has 0 unspecified atom stereocenters. The van der Waals surface area contributed by atoms with Gasteiger partial charge in [-0.15, -0.1) is 0 Å². The fourth-order valence-corrected chi connectivity index (χ4v) is 4.58. The van der Waals surface area contributed by atoms with Crippen LogP contribution in [0.15, 0.2) is 54.9 Å². The first-order valence-corrected chi connectivity index (χ1v) is 9.97. The molecule has 1 aromatic carbocycles. The zero-order chi connectivity index (χ0) is 17.8. The van der Waals surface area contributed by atoms with Crippen LogP contribution in [0.2, 0.25) is 0 Å². The van der Waals surface area contributed by atoms with Gasteiger partial charge in [0.2, 0.25) is 5.91 Å². The SMILES string of the molecule is O=C(N1CCN(Cc2ccccc2)CC1)C1(n2cccc2)CCCCC1. The molecule has 0 radical (unpaired) electrons. The summed E-state index contributed by atoms with van der Waals surface area (Å²) >= 11 is 0. The Morgan fingerprint density at radius 3 is 2.15 bits per heavy atom. The molecule has 0 N–H and O–H groups in total. The largest absolute Gasteiger partial charge is 0.339 e. The topological polar surface area (TPSA) is 28.5 Å². The molecule has 4 nitrogen and oxygen atoms in total. The summed E-state index contributed by atoms with van der Waals surface area (Å²) < 4.78 is 2.19. The molecule has 2 fully saturated rings. The Labute approximate surface area is 156 Å². The van der Waals surface area contributed by atoms with Crippen molar-refractivity contribution >= 4 is 5.91 Å². The van der Waals surface area contributed by atoms with Gasteiger partial charge in [0.15, 0.2) is 0 Å². The number of benzene rings is 1. The molecule has 1 aromatic heterocycles. The van der Waals surface area contributed by atoms with Gasteiger partial charge in [0.05, 0.1) is 0 Å². The van der Waals surface area contributed by atoms with Crippen LogP contribution in [0, 0.1) is 0 Å². The van der Waals surface area contributed by atoms with Crippen LogP contribution >= 0.6 is 0 Å². The molecule has 2 heterocycles. The fraction of sp³-hybridized carbons (Fsp3) is 0.500. The van der Waals surface area contributed by atoms with Crippen molar-refractivity contribution in [1.29, 1.82) is 0 Å². The minimum absolute atomic E-state index is 0.341. The van der Waals surface area contributed by atoms with Gasteiger partial charge in [0.25, 0.3) is 0 Å². The summed E-state index contributed by atoms with van der Waals surface area (Å²) in [6.07, 6.45) is 9.66. The molecule has 138 valence electrons. The lowest BCUT2D eigenvalue weighted by Crippen LogP contribution is -2.56. The summed E-state index contributed by atoms with van der Waals surface area (Å²) in [4.78, 5) is 18.1. The second kappa shape index (κ2) is 7.67. The monoisotopic (exact) mass is 351 g/mol. The van der Waals surface area contributed by atoms with Crippen LogP contribution in [0.1, 0.15) is 37.7 Å². The van der Waals surface area contributed by atoms with Gasteiger partial charge in [0, 0.05) is 45.1 Å². The average molecular weight is 351 g/mol. The molecule has 26 heavy (non-hydrogen) atoms. The third kappa shape index (κ3) is 3.43. The molecule has 1 saturated carbocycles. The van der Waals surface area contributed by atoms with E-state index in [1.807, 2.05) is 12.1 Å². The molecule has 2 aliphatic rings. The van der Waals surface area contributed by atoms with E-state index in [-0.39, 0.29) is 5.54 Å². The number of hydrogen-bond acceptors (Lipinski definition) is 2. The quantitative estimate of drug-likeness (QED) is 0.843. The molecular weight excluding hydrogens is 322 g/mol. The van der Waals surface area contributed by atoms with Crippen LogP contribution in [0.4, 0.5) is 0 Å². The van der Waals surface area contributed by atoms with Gasteiger partial charge < -0.3 is 9.47 Å². The number of carbonyl (C=O) groups excluding carboxylic acids is 1. The van der Waals surface area contributed by atoms with Gasteiger partial charge in [-0.25, -0.2) is 0 Å². The lowest BCUT2D eigenvalue weighted by atomic mass is 9.80. The Hall–Kier alpha value is -2.07. The first-order chi connectivity index (χ1) is 12.8. The van der Waals surface area contributed by atoms with Crippen LogP contribution in [0.5, 0.6) is 0 Å². The summed E-state index contributed by atoms with van der Waals surface area (Å²) in [5.41, 5.74) is 1.01. The summed E-state index contributed by atoms with van der Waals surface area (Å²) in [7, 11) is 0. The Morgan fingerprint density at radius 2 is 1.50 bits per heavy atom. The predicted molar refractivity (Wildman–Crippen MR) is 104 cm³/mol. The molecule has 2 aromatic rings. The van der Waals surface area contributed by atoms with Crippen molar-refractivity contribution in [2.45, 2.75) is 44.2 Å². The highest BCUT2D eigenvalue weighted by Crippen LogP contribution is 2.37. The van der Waals surface area contributed by atoms with Crippen LogP contribution < -0.4 is 0 Å². The van der Waals surface area contributed by atoms with Gasteiger partial charge in [-0.05, 0) is 30.5 Å². The predicted octanol–water partition coefficient (Wildman–Crippen LogP) is 3.49. The van der Waals surface area contributed by atoms with E-state index >= 15 is 0 Å². The number of carbonyl (C=O) groups is 1. The maximum atomic E-state index is 13.5. The summed E-state index contributed by atoms with van der Waals surface area (Å²) in [6.45, 7) is 4.58. The van der Waals surface area contributed by atoms with Crippen molar-refractivity contribution in [1.82, 2.24) is 14.4 Å². The van der Waals surface area contributed by atoms with E-state index in [0.717, 1.165) is 58.4 Å². The Bertz CT molecular complexity index is 696. The van der Waals surface area contributed by atoms with Crippen molar-refractivity contribution in [2.24, 2.45) is 0 Å². The highest BCUT2D eigenvalue weighted by molar-refractivity contribution is 5.85. The van der Waals surface area contributed by atoms with Gasteiger partial charge in [-0.2, -0.15) is 0 Å². The van der Waals surface area contributed by atoms with E-state index in [1.165, 1.54) is 12.0 Å². The molecule has 4 rings (SSSR count). The summed E-state index contributed by atoms with van der Waals surface area (Å²) in [5, 5.41) is 0. The molecule has 1 aliphatic heterocycles. The number of nitrogens with zero attached hydrogens (tertiary/aromatic N) is 3. The van der Waals surface area contributed by atoms with Crippen LogP contribution in [0.25, 0.3) is 0 Å². The number of amides is 1. The maximum absolute atomic E-state index is 13.5. The first kappa shape index (κ1) is 17.3. The minimum Gasteiger partial charge on any atom is -0.339 e. The van der Waals surface area contributed by atoms with Gasteiger partial charge in [-0.3, -0.25) is 9.69 Å². The zero-order valence-corrected chi connectivity index (χ0v) is 15.5. The molecular formula is C22H29N3O. The molecule has 1 aliphatic carbocycles. The van der Waals surface area contributed by atoms with E-state index in [1.54, 1.807) is 0 Å². The number of piperazine rings is 1. The first-order valence-electron chi connectivity index (χ1n) is 9.97. The van der Waals surface area contributed by atoms with Gasteiger partial charge in [0.1, 0.15) is 5.54 Å². The smallest absolute Gasteiger partial charge is 0.248 e. The zero-order valence-electron chi connectivity index (χ0n) is 15.5. The van der Waals surface area contributed by atoms with Crippen molar-refractivity contribution in [2.75, 3.05) is 26.2 Å². The number of aromatic nitrogens is 1. The van der Waals surface area contributed by atoms with Gasteiger partial charge >= 0.3 is 0 Å². The molecule has 1 saturated heterocycles. The Kier molecular flexibility index (Phi) is 5.11. The molecule has 0 bridgehead atoms. The average Bonchev–Trinajstić information content (AvgIpc) is 3.25. The van der Waals surface area contributed by atoms with Crippen molar-refractivity contribution in [3.8, 4) is 0 Å². The second-order valence-electron chi connectivity index (χ2n) is 7.74. The van der Waals surface area contributed by atoms with Crippen LogP contribution in [-0.2, 0) is 16.9 Å². The summed E-state index contributed by atoms with van der Waals surface area (Å²) in [6, 6.07) is 14.7. The molecule has 4 heteroatoms. The standard InChI is InChI=1S/C22H29N3O/c26-21(22(11-5-2-6-12-22)25-13-7-8-14-25)24-17-15-23(16-18-24)19-20-9-3-1-4-10-20/h1,3-4,7-10,13-14H,2,5-6,11-12,15-19H2. The Balaban J connectivity index is 1.42. The number of rotatable bonds is 4. The molecule has 0 spiro atoms. The van der Waals surface area contributed by atoms with Crippen molar-refractivity contribution in [3.63, 3.8) is 0 Å². The van der Waals surface area contributed by atoms with E-state index in [9.17, 15) is 4.79 Å². The van der Waals surface area contributed by atoms with Crippen LogP contribution in [-0.4, -0.2) is 46.5 Å².